The van der Waals surface area contributed by atoms with Crippen LogP contribution in [-0.4, -0.2) is 50.9 Å². The predicted octanol–water partition coefficient (Wildman–Crippen LogP) is 5.38. The molecule has 3 rings (SSSR count). The van der Waals surface area contributed by atoms with E-state index < -0.39 is 28.5 Å². The van der Waals surface area contributed by atoms with Gasteiger partial charge < -0.3 is 15.0 Å². The molecule has 40 heavy (non-hydrogen) atoms. The normalized spacial score (nSPS) is 12.7. The molecule has 1 N–H and O–H groups in total. The van der Waals surface area contributed by atoms with E-state index in [1.807, 2.05) is 32.9 Å². The first-order chi connectivity index (χ1) is 19.1. The maximum absolute atomic E-state index is 14.1. The standard InChI is InChI=1S/C30H36BrN3O5S/c1-5-22(3)32-30(36)28(6-2)33(20-23-15-17-26(39-4)18-16-23)29(35)21-34(25-12-10-11-24(31)19-25)40(37,38)27-13-8-7-9-14-27/h7-19,22,28H,5-6,20-21H2,1-4H3,(H,32,36)/t22-,28-/m1/s1. The number of anilines is 1. The van der Waals surface area contributed by atoms with Crippen LogP contribution in [0, 0.1) is 0 Å². The van der Waals surface area contributed by atoms with E-state index in [0.29, 0.717) is 22.3 Å². The maximum atomic E-state index is 14.1. The van der Waals surface area contributed by atoms with Crippen LogP contribution in [0.4, 0.5) is 5.69 Å². The molecule has 0 aliphatic heterocycles. The second-order valence-corrected chi connectivity index (χ2v) is 12.2. The van der Waals surface area contributed by atoms with Crippen LogP contribution in [0.5, 0.6) is 5.75 Å². The highest BCUT2D eigenvalue weighted by Crippen LogP contribution is 2.27. The summed E-state index contributed by atoms with van der Waals surface area (Å²) in [7, 11) is -2.54. The maximum Gasteiger partial charge on any atom is 0.264 e. The van der Waals surface area contributed by atoms with Gasteiger partial charge in [-0.3, -0.25) is 13.9 Å². The Hall–Kier alpha value is -3.37. The fraction of sp³-hybridized carbons (Fsp3) is 0.333. The van der Waals surface area contributed by atoms with Gasteiger partial charge in [0.15, 0.2) is 0 Å². The van der Waals surface area contributed by atoms with Gasteiger partial charge >= 0.3 is 0 Å². The number of ether oxygens (including phenoxy) is 1. The fourth-order valence-corrected chi connectivity index (χ4v) is 5.98. The summed E-state index contributed by atoms with van der Waals surface area (Å²) in [5.74, 6) is -0.113. The van der Waals surface area contributed by atoms with Crippen molar-refractivity contribution in [1.82, 2.24) is 10.2 Å². The molecule has 0 saturated carbocycles. The van der Waals surface area contributed by atoms with Crippen molar-refractivity contribution in [3.8, 4) is 5.75 Å². The smallest absolute Gasteiger partial charge is 0.264 e. The number of carbonyl (C=O) groups is 2. The Morgan fingerprint density at radius 1 is 0.950 bits per heavy atom. The second kappa shape index (κ2) is 14.3. The molecule has 2 amide bonds. The number of hydrogen-bond donors (Lipinski definition) is 1. The van der Waals surface area contributed by atoms with E-state index in [-0.39, 0.29) is 23.4 Å². The molecule has 3 aromatic carbocycles. The van der Waals surface area contributed by atoms with E-state index in [9.17, 15) is 18.0 Å². The third-order valence-corrected chi connectivity index (χ3v) is 8.89. The number of rotatable bonds is 13. The molecule has 0 aliphatic rings. The number of hydrogen-bond acceptors (Lipinski definition) is 5. The van der Waals surface area contributed by atoms with Crippen LogP contribution in [0.2, 0.25) is 0 Å². The minimum Gasteiger partial charge on any atom is -0.497 e. The average molecular weight is 631 g/mol. The van der Waals surface area contributed by atoms with E-state index in [1.165, 1.54) is 17.0 Å². The number of methoxy groups -OCH3 is 1. The third kappa shape index (κ3) is 7.85. The van der Waals surface area contributed by atoms with Gasteiger partial charge in [-0.2, -0.15) is 0 Å². The highest BCUT2D eigenvalue weighted by Gasteiger charge is 2.34. The Kier molecular flexibility index (Phi) is 11.2. The van der Waals surface area contributed by atoms with Crippen molar-refractivity contribution in [1.29, 1.82) is 0 Å². The van der Waals surface area contributed by atoms with Crippen molar-refractivity contribution >= 4 is 43.5 Å². The molecule has 0 unspecified atom stereocenters. The molecule has 3 aromatic rings. The SMILES string of the molecule is CC[C@@H](C)NC(=O)[C@@H](CC)N(Cc1ccc(OC)cc1)C(=O)CN(c1cccc(Br)c1)S(=O)(=O)c1ccccc1. The Morgan fingerprint density at radius 3 is 2.20 bits per heavy atom. The number of amides is 2. The van der Waals surface area contributed by atoms with Crippen LogP contribution in [0.15, 0.2) is 88.2 Å². The quantitative estimate of drug-likeness (QED) is 0.274. The van der Waals surface area contributed by atoms with Crippen molar-refractivity contribution in [2.24, 2.45) is 0 Å². The average Bonchev–Trinajstić information content (AvgIpc) is 2.96. The predicted molar refractivity (Wildman–Crippen MR) is 161 cm³/mol. The van der Waals surface area contributed by atoms with Crippen molar-refractivity contribution < 1.29 is 22.7 Å². The number of nitrogens with zero attached hydrogens (tertiary/aromatic N) is 2. The van der Waals surface area contributed by atoms with Crippen LogP contribution >= 0.6 is 15.9 Å². The van der Waals surface area contributed by atoms with Crippen LogP contribution in [-0.2, 0) is 26.2 Å². The van der Waals surface area contributed by atoms with Gasteiger partial charge in [-0.05, 0) is 67.8 Å². The number of halogens is 1. The summed E-state index contributed by atoms with van der Waals surface area (Å²) in [5.41, 5.74) is 1.11. The van der Waals surface area contributed by atoms with E-state index in [1.54, 1.807) is 61.7 Å². The molecule has 0 aromatic heterocycles. The zero-order valence-corrected chi connectivity index (χ0v) is 25.6. The lowest BCUT2D eigenvalue weighted by Crippen LogP contribution is -2.53. The van der Waals surface area contributed by atoms with Gasteiger partial charge in [0.05, 0.1) is 17.7 Å². The Balaban J connectivity index is 2.04. The number of benzene rings is 3. The summed E-state index contributed by atoms with van der Waals surface area (Å²) in [6, 6.07) is 21.1. The molecular weight excluding hydrogens is 594 g/mol. The Morgan fingerprint density at radius 2 is 1.62 bits per heavy atom. The van der Waals surface area contributed by atoms with E-state index >= 15 is 0 Å². The summed E-state index contributed by atoms with van der Waals surface area (Å²) < 4.78 is 34.7. The van der Waals surface area contributed by atoms with E-state index in [4.69, 9.17) is 4.74 Å². The summed E-state index contributed by atoms with van der Waals surface area (Å²) in [6.45, 7) is 5.34. The van der Waals surface area contributed by atoms with Crippen LogP contribution in [0.1, 0.15) is 39.2 Å². The van der Waals surface area contributed by atoms with Gasteiger partial charge in [-0.25, -0.2) is 8.42 Å². The lowest BCUT2D eigenvalue weighted by Gasteiger charge is -2.33. The molecule has 10 heteroatoms. The Labute approximate surface area is 245 Å². The molecule has 0 bridgehead atoms. The molecule has 214 valence electrons. The molecule has 2 atom stereocenters. The number of carbonyl (C=O) groups excluding carboxylic acids is 2. The Bertz CT molecular complexity index is 1380. The molecule has 0 saturated heterocycles. The summed E-state index contributed by atoms with van der Waals surface area (Å²) >= 11 is 3.41. The van der Waals surface area contributed by atoms with Gasteiger partial charge in [0.25, 0.3) is 10.0 Å². The van der Waals surface area contributed by atoms with Crippen molar-refractivity contribution in [2.75, 3.05) is 18.0 Å². The van der Waals surface area contributed by atoms with E-state index in [0.717, 1.165) is 16.3 Å². The van der Waals surface area contributed by atoms with Gasteiger partial charge in [-0.15, -0.1) is 0 Å². The summed E-state index contributed by atoms with van der Waals surface area (Å²) in [4.78, 5) is 28.9. The first-order valence-electron chi connectivity index (χ1n) is 13.2. The van der Waals surface area contributed by atoms with Crippen LogP contribution < -0.4 is 14.4 Å². The van der Waals surface area contributed by atoms with Crippen molar-refractivity contribution in [2.45, 2.75) is 57.1 Å². The van der Waals surface area contributed by atoms with Gasteiger partial charge in [0.1, 0.15) is 18.3 Å². The molecule has 8 nitrogen and oxygen atoms in total. The highest BCUT2D eigenvalue weighted by atomic mass is 79.9. The molecule has 0 aliphatic carbocycles. The minimum absolute atomic E-state index is 0.0611. The van der Waals surface area contributed by atoms with Gasteiger partial charge in [0, 0.05) is 17.1 Å². The highest BCUT2D eigenvalue weighted by molar-refractivity contribution is 9.10. The number of sulfonamides is 1. The molecule has 0 fully saturated rings. The molecule has 0 radical (unpaired) electrons. The lowest BCUT2D eigenvalue weighted by molar-refractivity contribution is -0.140. The topological polar surface area (TPSA) is 96.0 Å². The fourth-order valence-electron chi connectivity index (χ4n) is 4.17. The van der Waals surface area contributed by atoms with Crippen LogP contribution in [0.25, 0.3) is 0 Å². The van der Waals surface area contributed by atoms with Crippen molar-refractivity contribution in [3.63, 3.8) is 0 Å². The summed E-state index contributed by atoms with van der Waals surface area (Å²) in [5, 5.41) is 2.98. The lowest BCUT2D eigenvalue weighted by atomic mass is 10.1. The number of nitrogens with one attached hydrogen (secondary N) is 1. The largest absolute Gasteiger partial charge is 0.497 e. The minimum atomic E-state index is -4.11. The molecule has 0 heterocycles. The van der Waals surface area contributed by atoms with Gasteiger partial charge in [0.2, 0.25) is 11.8 Å². The molecule has 0 spiro atoms. The van der Waals surface area contributed by atoms with Gasteiger partial charge in [-0.1, -0.05) is 66.2 Å². The van der Waals surface area contributed by atoms with E-state index in [2.05, 4.69) is 21.2 Å². The molecular formula is C30H36BrN3O5S. The first kappa shape index (κ1) is 31.2. The third-order valence-electron chi connectivity index (χ3n) is 6.61. The van der Waals surface area contributed by atoms with Crippen LogP contribution in [0.3, 0.4) is 0 Å². The van der Waals surface area contributed by atoms with Crippen molar-refractivity contribution in [3.05, 3.63) is 88.9 Å². The monoisotopic (exact) mass is 629 g/mol. The zero-order chi connectivity index (χ0) is 29.3. The summed E-state index contributed by atoms with van der Waals surface area (Å²) in [6.07, 6.45) is 1.09. The second-order valence-electron chi connectivity index (χ2n) is 9.42. The zero-order valence-electron chi connectivity index (χ0n) is 23.2. The first-order valence-corrected chi connectivity index (χ1v) is 15.4.